The molecule has 1 aromatic carbocycles. The highest BCUT2D eigenvalue weighted by Crippen LogP contribution is 2.37. The zero-order valence-corrected chi connectivity index (χ0v) is 35.1. The first-order valence-corrected chi connectivity index (χ1v) is 21.6. The second-order valence-electron chi connectivity index (χ2n) is 13.3. The summed E-state index contributed by atoms with van der Waals surface area (Å²) in [6.07, 6.45) is -6.50. The predicted octanol–water partition coefficient (Wildman–Crippen LogP) is 0.0366. The van der Waals surface area contributed by atoms with E-state index in [1.54, 1.807) is 10.9 Å². The molecule has 362 valence electrons. The molecule has 0 unspecified atom stereocenters. The minimum Gasteiger partial charge on any atom is -0.420 e. The van der Waals surface area contributed by atoms with E-state index in [1.807, 2.05) is 0 Å². The number of rotatable bonds is 35. The van der Waals surface area contributed by atoms with Gasteiger partial charge in [-0.2, -0.15) is 8.78 Å². The molecule has 0 bridgehead atoms. The zero-order valence-electron chi connectivity index (χ0n) is 34.2. The van der Waals surface area contributed by atoms with Gasteiger partial charge in [0, 0.05) is 12.6 Å². The number of halogens is 5. The molecule has 5 N–H and O–H groups in total. The molecule has 63 heavy (non-hydrogen) atoms. The lowest BCUT2D eigenvalue weighted by Crippen LogP contribution is -2.58. The highest BCUT2D eigenvalue weighted by Gasteiger charge is 2.44. The quantitative estimate of drug-likeness (QED) is 0.0116. The Bertz CT molecular complexity index is 1620. The minimum atomic E-state index is -4.36. The van der Waals surface area contributed by atoms with Gasteiger partial charge < -0.3 is 77.2 Å². The van der Waals surface area contributed by atoms with Crippen LogP contribution in [0.3, 0.4) is 0 Å². The van der Waals surface area contributed by atoms with Crippen LogP contribution in [0.1, 0.15) is 18.5 Å². The fraction of sp³-hybridized carbons (Fsp3) is 0.750. The van der Waals surface area contributed by atoms with Gasteiger partial charge in [-0.3, -0.25) is 9.36 Å². The van der Waals surface area contributed by atoms with Gasteiger partial charge in [-0.25, -0.2) is 17.9 Å². The van der Waals surface area contributed by atoms with Crippen LogP contribution in [0.15, 0.2) is 6.20 Å². The largest absolute Gasteiger partial charge is 0.420 e. The van der Waals surface area contributed by atoms with Crippen LogP contribution >= 0.6 is 7.60 Å². The number of hydrogen-bond acceptors (Lipinski definition) is 18. The molecular formula is C36H55F5N3O18P. The smallest absolute Gasteiger partial charge is 0.325 e. The standard InChI is InChI=1S/C36H55F5N3O18P/c37-27-28(38)30(40)35(31(41)29(27)39)62-26(45)2-5-52-8-10-54-12-14-56-16-18-58-20-21-59-19-17-57-15-13-55-11-9-53-7-4-44-23-24(42-43-44)1-6-60-36-34(48)33(47)32(46)25(61-36)3-22-63(49,50)51/h23,25,32-34,36,46-48H,1-22H2,(H2,49,50,51)/t25-,32-,33+,34+,36+/m1/s1. The highest BCUT2D eigenvalue weighted by molar-refractivity contribution is 7.51. The van der Waals surface area contributed by atoms with Gasteiger partial charge in [-0.05, 0) is 6.42 Å². The summed E-state index contributed by atoms with van der Waals surface area (Å²) in [5.41, 5.74) is 0.577. The number of nitrogens with zero attached hydrogens (tertiary/aromatic N) is 3. The average Bonchev–Trinajstić information content (AvgIpc) is 3.71. The van der Waals surface area contributed by atoms with E-state index in [4.69, 9.17) is 57.2 Å². The molecule has 2 heterocycles. The Morgan fingerprint density at radius 2 is 1.08 bits per heavy atom. The number of carbonyl (C=O) groups excluding carboxylic acids is 1. The summed E-state index contributed by atoms with van der Waals surface area (Å²) in [6.45, 7) is 4.89. The van der Waals surface area contributed by atoms with E-state index in [0.29, 0.717) is 84.9 Å². The van der Waals surface area contributed by atoms with E-state index in [2.05, 4.69) is 15.0 Å². The number of aromatic nitrogens is 3. The third-order valence-electron chi connectivity index (χ3n) is 8.50. The summed E-state index contributed by atoms with van der Waals surface area (Å²) in [5, 5.41) is 38.4. The molecule has 27 heteroatoms. The SMILES string of the molecule is O=C(CCOCCOCCOCCOCCOCCOCCOCCOCCn1cc(CCO[C@H]2O[C@H](CCP(=O)(O)O)[C@@H](O)[C@H](O)[C@@H]2O)nn1)Oc1c(F)c(F)c(F)c(F)c1F. The van der Waals surface area contributed by atoms with Crippen LogP contribution in [0, 0.1) is 29.1 Å². The Morgan fingerprint density at radius 3 is 1.56 bits per heavy atom. The molecule has 0 amide bonds. The summed E-state index contributed by atoms with van der Waals surface area (Å²) in [5.74, 6) is -14.2. The van der Waals surface area contributed by atoms with Crippen LogP contribution in [0.2, 0.25) is 0 Å². The number of esters is 1. The van der Waals surface area contributed by atoms with Gasteiger partial charge in [-0.15, -0.1) is 5.10 Å². The van der Waals surface area contributed by atoms with E-state index < -0.39 is 91.7 Å². The maximum atomic E-state index is 13.6. The van der Waals surface area contributed by atoms with E-state index >= 15 is 0 Å². The van der Waals surface area contributed by atoms with Crippen LogP contribution in [-0.4, -0.2) is 195 Å². The second-order valence-corrected chi connectivity index (χ2v) is 15.1. The number of carbonyl (C=O) groups is 1. The number of aliphatic hydroxyl groups excluding tert-OH is 3. The normalized spacial score (nSPS) is 19.2. The Labute approximate surface area is 358 Å². The topological polar surface area (TPSA) is 268 Å². The lowest BCUT2D eigenvalue weighted by atomic mass is 9.97. The van der Waals surface area contributed by atoms with Gasteiger partial charge in [0.05, 0.1) is 143 Å². The molecule has 21 nitrogen and oxygen atoms in total. The molecule has 1 aromatic heterocycles. The monoisotopic (exact) mass is 943 g/mol. The molecule has 1 saturated heterocycles. The lowest BCUT2D eigenvalue weighted by molar-refractivity contribution is -0.296. The number of benzene rings is 1. The van der Waals surface area contributed by atoms with Crippen molar-refractivity contribution in [1.29, 1.82) is 0 Å². The summed E-state index contributed by atoms with van der Waals surface area (Å²) in [6, 6.07) is 0. The van der Waals surface area contributed by atoms with E-state index in [9.17, 15) is 46.6 Å². The predicted molar refractivity (Wildman–Crippen MR) is 201 cm³/mol. The van der Waals surface area contributed by atoms with Crippen LogP contribution in [-0.2, 0) is 69.7 Å². The molecule has 2 aromatic rings. The van der Waals surface area contributed by atoms with Crippen LogP contribution in [0.25, 0.3) is 0 Å². The maximum absolute atomic E-state index is 13.6. The highest BCUT2D eigenvalue weighted by atomic mass is 31.2. The number of hydrogen-bond donors (Lipinski definition) is 5. The van der Waals surface area contributed by atoms with Gasteiger partial charge in [0.15, 0.2) is 6.29 Å². The Kier molecular flexibility index (Phi) is 26.2. The first-order chi connectivity index (χ1) is 30.2. The molecule has 1 aliphatic rings. The van der Waals surface area contributed by atoms with Crippen molar-refractivity contribution in [3.8, 4) is 5.75 Å². The van der Waals surface area contributed by atoms with Gasteiger partial charge in [-0.1, -0.05) is 5.21 Å². The summed E-state index contributed by atoms with van der Waals surface area (Å²) < 4.78 is 138. The molecule has 0 radical (unpaired) electrons. The Hall–Kier alpha value is -2.89. The summed E-state index contributed by atoms with van der Waals surface area (Å²) in [7, 11) is -4.36. The van der Waals surface area contributed by atoms with Gasteiger partial charge in [0.25, 0.3) is 0 Å². The van der Waals surface area contributed by atoms with Crippen molar-refractivity contribution in [2.24, 2.45) is 0 Å². The summed E-state index contributed by atoms with van der Waals surface area (Å²) >= 11 is 0. The van der Waals surface area contributed by atoms with Gasteiger partial charge >= 0.3 is 13.6 Å². The van der Waals surface area contributed by atoms with Crippen molar-refractivity contribution in [2.45, 2.75) is 56.5 Å². The van der Waals surface area contributed by atoms with Crippen LogP contribution < -0.4 is 4.74 Å². The molecule has 3 rings (SSSR count). The van der Waals surface area contributed by atoms with Crippen molar-refractivity contribution >= 4 is 13.6 Å². The molecule has 1 fully saturated rings. The van der Waals surface area contributed by atoms with Crippen molar-refractivity contribution in [3.05, 3.63) is 41.0 Å². The molecule has 0 aliphatic carbocycles. The van der Waals surface area contributed by atoms with Crippen molar-refractivity contribution in [2.75, 3.05) is 118 Å². The number of aliphatic hydroxyl groups is 3. The lowest BCUT2D eigenvalue weighted by Gasteiger charge is -2.40. The van der Waals surface area contributed by atoms with Gasteiger partial charge in [0.1, 0.15) is 18.3 Å². The minimum absolute atomic E-state index is 0.0225. The average molecular weight is 944 g/mol. The molecule has 1 aliphatic heterocycles. The third-order valence-corrected chi connectivity index (χ3v) is 9.35. The molecular weight excluding hydrogens is 888 g/mol. The fourth-order valence-corrected chi connectivity index (χ4v) is 5.82. The molecule has 0 spiro atoms. The maximum Gasteiger partial charge on any atom is 0.325 e. The van der Waals surface area contributed by atoms with Crippen molar-refractivity contribution in [1.82, 2.24) is 15.0 Å². The van der Waals surface area contributed by atoms with E-state index in [1.165, 1.54) is 0 Å². The molecule has 5 atom stereocenters. The summed E-state index contributed by atoms with van der Waals surface area (Å²) in [4.78, 5) is 29.8. The van der Waals surface area contributed by atoms with E-state index in [0.717, 1.165) is 0 Å². The zero-order chi connectivity index (χ0) is 46.0. The van der Waals surface area contributed by atoms with Crippen molar-refractivity contribution in [3.63, 3.8) is 0 Å². The Balaban J connectivity index is 1.02. The second kappa shape index (κ2) is 30.3. The van der Waals surface area contributed by atoms with Crippen LogP contribution in [0.4, 0.5) is 22.0 Å². The fourth-order valence-electron chi connectivity index (χ4n) is 5.22. The molecule has 0 saturated carbocycles. The first-order valence-electron chi connectivity index (χ1n) is 19.8. The van der Waals surface area contributed by atoms with Crippen molar-refractivity contribution < 1.29 is 109 Å². The number of ether oxygens (including phenoxy) is 11. The third kappa shape index (κ3) is 21.3. The van der Waals surface area contributed by atoms with Gasteiger partial charge in [0.2, 0.25) is 34.8 Å². The first kappa shape index (κ1) is 54.4. The van der Waals surface area contributed by atoms with E-state index in [-0.39, 0.29) is 52.5 Å². The Morgan fingerprint density at radius 1 is 0.635 bits per heavy atom. The van der Waals surface area contributed by atoms with Crippen LogP contribution in [0.5, 0.6) is 5.75 Å².